The van der Waals surface area contributed by atoms with Crippen LogP contribution in [-0.4, -0.2) is 15.6 Å². The molecule has 0 unspecified atom stereocenters. The smallest absolute Gasteiger partial charge is 0.211 e. The van der Waals surface area contributed by atoms with Crippen molar-refractivity contribution in [1.29, 1.82) is 0 Å². The van der Waals surface area contributed by atoms with E-state index < -0.39 is 0 Å². The monoisotopic (exact) mass is 277 g/mol. The molecule has 0 aliphatic rings. The van der Waals surface area contributed by atoms with Gasteiger partial charge in [-0.05, 0) is 36.8 Å². The third-order valence-electron chi connectivity index (χ3n) is 3.50. The number of nitrogens with two attached hydrogens (primary N) is 1. The number of rotatable bonds is 3. The van der Waals surface area contributed by atoms with Crippen LogP contribution in [0.3, 0.4) is 0 Å². The highest BCUT2D eigenvalue weighted by Gasteiger charge is 2.17. The van der Waals surface area contributed by atoms with Crippen LogP contribution in [0.5, 0.6) is 0 Å². The number of carbonyl (C=O) groups excluding carboxylic acids is 1. The van der Waals surface area contributed by atoms with E-state index in [9.17, 15) is 4.79 Å². The van der Waals surface area contributed by atoms with Crippen molar-refractivity contribution in [1.82, 2.24) is 9.78 Å². The normalized spacial score (nSPS) is 10.5. The van der Waals surface area contributed by atoms with Gasteiger partial charge in [0, 0.05) is 11.3 Å². The molecule has 0 aliphatic heterocycles. The lowest BCUT2D eigenvalue weighted by Crippen LogP contribution is -2.11. The summed E-state index contributed by atoms with van der Waals surface area (Å²) in [6.07, 6.45) is 1.63. The van der Waals surface area contributed by atoms with Gasteiger partial charge in [0.1, 0.15) is 5.69 Å². The zero-order valence-corrected chi connectivity index (χ0v) is 11.7. The zero-order valence-electron chi connectivity index (χ0n) is 11.7. The van der Waals surface area contributed by atoms with Gasteiger partial charge in [-0.25, -0.2) is 4.68 Å². The third kappa shape index (κ3) is 2.31. The number of ketones is 1. The molecule has 0 atom stereocenters. The fraction of sp³-hybridized carbons (Fsp3) is 0.0588. The number of benzene rings is 2. The highest BCUT2D eigenvalue weighted by molar-refractivity contribution is 6.09. The highest BCUT2D eigenvalue weighted by atomic mass is 16.1. The molecule has 3 rings (SSSR count). The highest BCUT2D eigenvalue weighted by Crippen LogP contribution is 2.20. The lowest BCUT2D eigenvalue weighted by atomic mass is 10.0. The van der Waals surface area contributed by atoms with Gasteiger partial charge in [0.15, 0.2) is 0 Å². The first-order chi connectivity index (χ1) is 10.2. The topological polar surface area (TPSA) is 60.9 Å². The number of aromatic nitrogens is 2. The molecule has 0 aliphatic carbocycles. The molecule has 4 heteroatoms. The second-order valence-electron chi connectivity index (χ2n) is 4.81. The van der Waals surface area contributed by atoms with Crippen LogP contribution in [0.1, 0.15) is 21.6 Å². The van der Waals surface area contributed by atoms with E-state index in [4.69, 9.17) is 5.73 Å². The molecule has 0 bridgehead atoms. The Morgan fingerprint density at radius 1 is 1.05 bits per heavy atom. The summed E-state index contributed by atoms with van der Waals surface area (Å²) in [5.41, 5.74) is 9.28. The van der Waals surface area contributed by atoms with Crippen molar-refractivity contribution in [3.8, 4) is 5.69 Å². The van der Waals surface area contributed by atoms with E-state index in [0.29, 0.717) is 16.9 Å². The minimum Gasteiger partial charge on any atom is -0.398 e. The number of carbonyl (C=O) groups is 1. The Morgan fingerprint density at radius 2 is 1.81 bits per heavy atom. The molecule has 0 saturated carbocycles. The molecule has 0 saturated heterocycles. The van der Waals surface area contributed by atoms with Gasteiger partial charge in [0.2, 0.25) is 5.78 Å². The average molecular weight is 277 g/mol. The van der Waals surface area contributed by atoms with Gasteiger partial charge in [-0.3, -0.25) is 4.79 Å². The molecule has 0 fully saturated rings. The van der Waals surface area contributed by atoms with Crippen molar-refractivity contribution in [3.05, 3.63) is 77.6 Å². The number of para-hydroxylation sites is 1. The van der Waals surface area contributed by atoms with Crippen molar-refractivity contribution in [2.75, 3.05) is 5.73 Å². The van der Waals surface area contributed by atoms with Crippen LogP contribution in [0.25, 0.3) is 5.69 Å². The summed E-state index contributed by atoms with van der Waals surface area (Å²) in [5, 5.41) is 4.25. The quantitative estimate of drug-likeness (QED) is 0.591. The van der Waals surface area contributed by atoms with E-state index in [0.717, 1.165) is 11.3 Å². The van der Waals surface area contributed by atoms with E-state index in [1.54, 1.807) is 35.1 Å². The summed E-state index contributed by atoms with van der Waals surface area (Å²) < 4.78 is 1.64. The van der Waals surface area contributed by atoms with Gasteiger partial charge in [0.25, 0.3) is 0 Å². The molecule has 21 heavy (non-hydrogen) atoms. The van der Waals surface area contributed by atoms with Crippen LogP contribution in [0, 0.1) is 6.92 Å². The Labute approximate surface area is 122 Å². The number of hydrogen-bond donors (Lipinski definition) is 1. The predicted molar refractivity (Wildman–Crippen MR) is 82.6 cm³/mol. The van der Waals surface area contributed by atoms with E-state index >= 15 is 0 Å². The maximum Gasteiger partial charge on any atom is 0.211 e. The van der Waals surface area contributed by atoms with Gasteiger partial charge in [-0.1, -0.05) is 30.3 Å². The summed E-state index contributed by atoms with van der Waals surface area (Å²) in [4.78, 5) is 12.8. The summed E-state index contributed by atoms with van der Waals surface area (Å²) >= 11 is 0. The fourth-order valence-corrected chi connectivity index (χ4v) is 2.29. The lowest BCUT2D eigenvalue weighted by molar-refractivity contribution is 0.103. The van der Waals surface area contributed by atoms with Crippen LogP contribution in [0.4, 0.5) is 5.69 Å². The summed E-state index contributed by atoms with van der Waals surface area (Å²) in [5.74, 6) is -0.0823. The number of nitrogens with zero attached hydrogens (tertiary/aromatic N) is 2. The van der Waals surface area contributed by atoms with Crippen molar-refractivity contribution < 1.29 is 4.79 Å². The first-order valence-electron chi connectivity index (χ1n) is 6.67. The van der Waals surface area contributed by atoms with Crippen LogP contribution in [0.2, 0.25) is 0 Å². The van der Waals surface area contributed by atoms with Gasteiger partial charge >= 0.3 is 0 Å². The van der Waals surface area contributed by atoms with Crippen molar-refractivity contribution in [3.63, 3.8) is 0 Å². The molecule has 3 aromatic rings. The first kappa shape index (κ1) is 13.1. The van der Waals surface area contributed by atoms with Crippen LogP contribution in [0.15, 0.2) is 60.8 Å². The molecular weight excluding hydrogens is 262 g/mol. The molecular formula is C17H15N3O. The van der Waals surface area contributed by atoms with Crippen molar-refractivity contribution in [2.45, 2.75) is 6.92 Å². The number of nitrogen functional groups attached to an aromatic ring is 1. The minimum absolute atomic E-state index is 0.0823. The molecule has 0 amide bonds. The summed E-state index contributed by atoms with van der Waals surface area (Å²) in [7, 11) is 0. The second-order valence-corrected chi connectivity index (χ2v) is 4.81. The lowest BCUT2D eigenvalue weighted by Gasteiger charge is -2.09. The van der Waals surface area contributed by atoms with Crippen LogP contribution >= 0.6 is 0 Å². The largest absolute Gasteiger partial charge is 0.398 e. The first-order valence-corrected chi connectivity index (χ1v) is 6.67. The maximum absolute atomic E-state index is 12.8. The van der Waals surface area contributed by atoms with Crippen LogP contribution in [-0.2, 0) is 0 Å². The molecule has 4 nitrogen and oxygen atoms in total. The maximum atomic E-state index is 12.8. The Morgan fingerprint density at radius 3 is 2.57 bits per heavy atom. The van der Waals surface area contributed by atoms with Crippen LogP contribution < -0.4 is 5.73 Å². The predicted octanol–water partition coefficient (Wildman–Crippen LogP) is 2.99. The van der Waals surface area contributed by atoms with E-state index in [1.807, 2.05) is 37.3 Å². The zero-order chi connectivity index (χ0) is 14.8. The van der Waals surface area contributed by atoms with E-state index in [2.05, 4.69) is 5.10 Å². The Balaban J connectivity index is 2.08. The number of anilines is 1. The molecule has 104 valence electrons. The third-order valence-corrected chi connectivity index (χ3v) is 3.50. The van der Waals surface area contributed by atoms with Gasteiger partial charge in [-0.2, -0.15) is 5.10 Å². The standard InChI is InChI=1S/C17H15N3O/c1-12-14(8-5-9-15(12)18)17(21)16-10-11-19-20(16)13-6-3-2-4-7-13/h2-11H,18H2,1H3. The molecule has 0 radical (unpaired) electrons. The van der Waals surface area contributed by atoms with E-state index in [-0.39, 0.29) is 5.78 Å². The Kier molecular flexibility index (Phi) is 3.28. The average Bonchev–Trinajstić information content (AvgIpc) is 3.00. The van der Waals surface area contributed by atoms with Crippen molar-refractivity contribution >= 4 is 11.5 Å². The summed E-state index contributed by atoms with van der Waals surface area (Å²) in [6, 6.07) is 16.7. The van der Waals surface area contributed by atoms with E-state index in [1.165, 1.54) is 0 Å². The molecule has 1 aromatic heterocycles. The van der Waals surface area contributed by atoms with Crippen molar-refractivity contribution in [2.24, 2.45) is 0 Å². The SMILES string of the molecule is Cc1c(N)cccc1C(=O)c1ccnn1-c1ccccc1. The Bertz CT molecular complexity index is 791. The summed E-state index contributed by atoms with van der Waals surface area (Å²) in [6.45, 7) is 1.85. The number of hydrogen-bond acceptors (Lipinski definition) is 3. The Hall–Kier alpha value is -2.88. The molecule has 2 N–H and O–H groups in total. The molecule has 2 aromatic carbocycles. The second kappa shape index (κ2) is 5.25. The minimum atomic E-state index is -0.0823. The van der Waals surface area contributed by atoms with Gasteiger partial charge < -0.3 is 5.73 Å². The molecule has 1 heterocycles. The fourth-order valence-electron chi connectivity index (χ4n) is 2.29. The van der Waals surface area contributed by atoms with Gasteiger partial charge in [0.05, 0.1) is 11.9 Å². The van der Waals surface area contributed by atoms with Gasteiger partial charge in [-0.15, -0.1) is 0 Å². The molecule has 0 spiro atoms.